The Morgan fingerprint density at radius 1 is 1.39 bits per heavy atom. The van der Waals surface area contributed by atoms with Crippen molar-refractivity contribution in [2.24, 2.45) is 5.92 Å². The van der Waals surface area contributed by atoms with Crippen LogP contribution in [0, 0.1) is 5.92 Å². The van der Waals surface area contributed by atoms with Crippen molar-refractivity contribution in [2.75, 3.05) is 6.54 Å². The van der Waals surface area contributed by atoms with Crippen molar-refractivity contribution in [3.05, 3.63) is 35.4 Å². The molecule has 1 aromatic rings. The molecule has 1 aliphatic heterocycles. The number of carbonyl (C=O) groups excluding carboxylic acids is 1. The van der Waals surface area contributed by atoms with Crippen LogP contribution in [0.4, 0.5) is 0 Å². The first-order chi connectivity index (χ1) is 8.56. The van der Waals surface area contributed by atoms with E-state index in [1.54, 1.807) is 0 Å². The Morgan fingerprint density at radius 3 is 2.61 bits per heavy atom. The summed E-state index contributed by atoms with van der Waals surface area (Å²) < 4.78 is 0. The predicted octanol–water partition coefficient (Wildman–Crippen LogP) is 1.68. The van der Waals surface area contributed by atoms with Crippen molar-refractivity contribution in [2.45, 2.75) is 26.3 Å². The van der Waals surface area contributed by atoms with Crippen molar-refractivity contribution in [1.29, 1.82) is 0 Å². The molecule has 1 unspecified atom stereocenters. The van der Waals surface area contributed by atoms with E-state index >= 15 is 0 Å². The summed E-state index contributed by atoms with van der Waals surface area (Å²) in [5, 5.41) is 8.87. The molecule has 0 bridgehead atoms. The summed E-state index contributed by atoms with van der Waals surface area (Å²) in [6.45, 7) is 3.34. The fourth-order valence-electron chi connectivity index (χ4n) is 2.38. The second-order valence-electron chi connectivity index (χ2n) is 4.92. The number of hydrogen-bond donors (Lipinski definition) is 1. The lowest BCUT2D eigenvalue weighted by atomic mass is 10.0. The van der Waals surface area contributed by atoms with Gasteiger partial charge in [-0.2, -0.15) is 0 Å². The molecule has 0 spiro atoms. The Balaban J connectivity index is 2.13. The number of benzene rings is 1. The molecule has 1 saturated heterocycles. The summed E-state index contributed by atoms with van der Waals surface area (Å²) in [5.74, 6) is -0.291. The van der Waals surface area contributed by atoms with E-state index in [-0.39, 0.29) is 12.3 Å². The van der Waals surface area contributed by atoms with E-state index in [4.69, 9.17) is 5.11 Å². The molecular weight excluding hydrogens is 230 g/mol. The predicted molar refractivity (Wildman–Crippen MR) is 67.0 cm³/mol. The standard InChI is InChI=1S/C14H17NO3/c1-10-6-13(16)15(8-10)9-12-5-3-2-4-11(12)7-14(17)18/h2-5,10H,6-9H2,1H3,(H,17,18). The summed E-state index contributed by atoms with van der Waals surface area (Å²) >= 11 is 0. The van der Waals surface area contributed by atoms with Gasteiger partial charge in [0.1, 0.15) is 0 Å². The van der Waals surface area contributed by atoms with Crippen LogP contribution in [-0.2, 0) is 22.6 Å². The van der Waals surface area contributed by atoms with Crippen molar-refractivity contribution in [3.8, 4) is 0 Å². The summed E-state index contributed by atoms with van der Waals surface area (Å²) in [6, 6.07) is 7.42. The van der Waals surface area contributed by atoms with Gasteiger partial charge in [0.05, 0.1) is 6.42 Å². The Bertz CT molecular complexity index is 470. The van der Waals surface area contributed by atoms with Crippen molar-refractivity contribution >= 4 is 11.9 Å². The lowest BCUT2D eigenvalue weighted by Gasteiger charge is -2.18. The molecule has 18 heavy (non-hydrogen) atoms. The maximum atomic E-state index is 11.7. The topological polar surface area (TPSA) is 57.6 Å². The van der Waals surface area contributed by atoms with Crippen molar-refractivity contribution in [3.63, 3.8) is 0 Å². The van der Waals surface area contributed by atoms with Crippen LogP contribution in [0.3, 0.4) is 0 Å². The Morgan fingerprint density at radius 2 is 2.06 bits per heavy atom. The second kappa shape index (κ2) is 5.21. The minimum absolute atomic E-state index is 0.00770. The van der Waals surface area contributed by atoms with Crippen LogP contribution >= 0.6 is 0 Å². The first-order valence-electron chi connectivity index (χ1n) is 6.12. The first kappa shape index (κ1) is 12.6. The molecule has 2 rings (SSSR count). The Kier molecular flexibility index (Phi) is 3.65. The molecule has 1 heterocycles. The van der Waals surface area contributed by atoms with Crippen LogP contribution in [0.1, 0.15) is 24.5 Å². The third-order valence-corrected chi connectivity index (χ3v) is 3.23. The molecule has 0 aromatic heterocycles. The zero-order valence-corrected chi connectivity index (χ0v) is 10.4. The summed E-state index contributed by atoms with van der Waals surface area (Å²) in [6.07, 6.45) is 0.606. The van der Waals surface area contributed by atoms with Crippen LogP contribution in [0.5, 0.6) is 0 Å². The number of carboxylic acids is 1. The zero-order valence-electron chi connectivity index (χ0n) is 10.4. The van der Waals surface area contributed by atoms with Gasteiger partial charge in [-0.15, -0.1) is 0 Å². The average molecular weight is 247 g/mol. The normalized spacial score (nSPS) is 19.3. The van der Waals surface area contributed by atoms with Crippen LogP contribution in [0.2, 0.25) is 0 Å². The molecule has 1 fully saturated rings. The number of carbonyl (C=O) groups is 2. The second-order valence-corrected chi connectivity index (χ2v) is 4.92. The minimum atomic E-state index is -0.844. The van der Waals surface area contributed by atoms with E-state index in [1.807, 2.05) is 29.2 Å². The molecule has 96 valence electrons. The fraction of sp³-hybridized carbons (Fsp3) is 0.429. The number of likely N-dealkylation sites (tertiary alicyclic amines) is 1. The highest BCUT2D eigenvalue weighted by Gasteiger charge is 2.26. The maximum absolute atomic E-state index is 11.7. The number of amides is 1. The highest BCUT2D eigenvalue weighted by Crippen LogP contribution is 2.21. The molecule has 1 atom stereocenters. The van der Waals surface area contributed by atoms with Crippen LogP contribution < -0.4 is 0 Å². The largest absolute Gasteiger partial charge is 0.481 e. The third-order valence-electron chi connectivity index (χ3n) is 3.23. The highest BCUT2D eigenvalue weighted by atomic mass is 16.4. The summed E-state index contributed by atoms with van der Waals surface area (Å²) in [5.41, 5.74) is 1.72. The quantitative estimate of drug-likeness (QED) is 0.880. The van der Waals surface area contributed by atoms with Gasteiger partial charge in [-0.25, -0.2) is 0 Å². The van der Waals surface area contributed by atoms with E-state index in [1.165, 1.54) is 0 Å². The van der Waals surface area contributed by atoms with Crippen molar-refractivity contribution < 1.29 is 14.7 Å². The van der Waals surface area contributed by atoms with Gasteiger partial charge >= 0.3 is 5.97 Å². The van der Waals surface area contributed by atoms with Crippen molar-refractivity contribution in [1.82, 2.24) is 4.90 Å². The monoisotopic (exact) mass is 247 g/mol. The maximum Gasteiger partial charge on any atom is 0.307 e. The van der Waals surface area contributed by atoms with E-state index in [0.717, 1.165) is 17.7 Å². The minimum Gasteiger partial charge on any atom is -0.481 e. The molecule has 1 N–H and O–H groups in total. The van der Waals surface area contributed by atoms with E-state index in [2.05, 4.69) is 6.92 Å². The first-order valence-corrected chi connectivity index (χ1v) is 6.12. The molecule has 1 amide bonds. The Labute approximate surface area is 106 Å². The molecule has 4 heteroatoms. The number of hydrogen-bond acceptors (Lipinski definition) is 2. The van der Waals surface area contributed by atoms with Gasteiger partial charge in [-0.1, -0.05) is 31.2 Å². The lowest BCUT2D eigenvalue weighted by molar-refractivity contribution is -0.136. The van der Waals surface area contributed by atoms with E-state index < -0.39 is 5.97 Å². The summed E-state index contributed by atoms with van der Waals surface area (Å²) in [7, 11) is 0. The molecular formula is C14H17NO3. The lowest BCUT2D eigenvalue weighted by Crippen LogP contribution is -2.25. The van der Waals surface area contributed by atoms with Gasteiger partial charge in [-0.05, 0) is 17.0 Å². The van der Waals surface area contributed by atoms with Gasteiger partial charge in [0, 0.05) is 19.5 Å². The molecule has 0 radical (unpaired) electrons. The number of rotatable bonds is 4. The number of carboxylic acid groups (broad SMARTS) is 1. The van der Waals surface area contributed by atoms with Crippen LogP contribution in [0.25, 0.3) is 0 Å². The Hall–Kier alpha value is -1.84. The van der Waals surface area contributed by atoms with Crippen LogP contribution in [0.15, 0.2) is 24.3 Å². The average Bonchev–Trinajstić information content (AvgIpc) is 2.59. The van der Waals surface area contributed by atoms with Gasteiger partial charge in [0.25, 0.3) is 0 Å². The summed E-state index contributed by atoms with van der Waals surface area (Å²) in [4.78, 5) is 24.3. The van der Waals surface area contributed by atoms with Gasteiger partial charge in [-0.3, -0.25) is 9.59 Å². The van der Waals surface area contributed by atoms with Gasteiger partial charge < -0.3 is 10.0 Å². The molecule has 1 aliphatic rings. The number of aliphatic carboxylic acids is 1. The molecule has 1 aromatic carbocycles. The van der Waals surface area contributed by atoms with E-state index in [9.17, 15) is 9.59 Å². The number of nitrogens with zero attached hydrogens (tertiary/aromatic N) is 1. The SMILES string of the molecule is CC1CC(=O)N(Cc2ccccc2CC(=O)O)C1. The van der Waals surface area contributed by atoms with Gasteiger partial charge in [0.2, 0.25) is 5.91 Å². The van der Waals surface area contributed by atoms with Gasteiger partial charge in [0.15, 0.2) is 0 Å². The molecule has 0 aliphatic carbocycles. The third kappa shape index (κ3) is 2.88. The van der Waals surface area contributed by atoms with E-state index in [0.29, 0.717) is 18.9 Å². The highest BCUT2D eigenvalue weighted by molar-refractivity contribution is 5.78. The molecule has 0 saturated carbocycles. The smallest absolute Gasteiger partial charge is 0.307 e. The molecule has 4 nitrogen and oxygen atoms in total. The van der Waals surface area contributed by atoms with Crippen LogP contribution in [-0.4, -0.2) is 28.4 Å². The fourth-order valence-corrected chi connectivity index (χ4v) is 2.38. The zero-order chi connectivity index (χ0) is 13.1.